The number of hydrogen-bond acceptors (Lipinski definition) is 5. The Morgan fingerprint density at radius 2 is 2.08 bits per heavy atom. The Hall–Kier alpha value is -2.05. The first-order valence-corrected chi connectivity index (χ1v) is 9.32. The summed E-state index contributed by atoms with van der Waals surface area (Å²) >= 11 is 0. The minimum absolute atomic E-state index is 0.145. The van der Waals surface area contributed by atoms with Crippen molar-refractivity contribution in [3.8, 4) is 0 Å². The van der Waals surface area contributed by atoms with Gasteiger partial charge in [0, 0.05) is 31.6 Å². The molecule has 2 rings (SSSR count). The van der Waals surface area contributed by atoms with Gasteiger partial charge in [-0.2, -0.15) is 0 Å². The van der Waals surface area contributed by atoms with Crippen LogP contribution in [0.15, 0.2) is 4.52 Å². The van der Waals surface area contributed by atoms with Crippen molar-refractivity contribution in [1.82, 2.24) is 15.4 Å². The van der Waals surface area contributed by atoms with E-state index in [0.29, 0.717) is 25.9 Å². The summed E-state index contributed by atoms with van der Waals surface area (Å²) in [5, 5.41) is 6.75. The highest BCUT2D eigenvalue weighted by Crippen LogP contribution is 2.19. The molecule has 0 spiro atoms. The molecule has 7 nitrogen and oxygen atoms in total. The first-order chi connectivity index (χ1) is 12.2. The molecule has 1 aromatic rings. The number of alkyl carbamates (subject to hydrolysis) is 1. The smallest absolute Gasteiger partial charge is 0.407 e. The van der Waals surface area contributed by atoms with Gasteiger partial charge in [-0.3, -0.25) is 4.79 Å². The van der Waals surface area contributed by atoms with Gasteiger partial charge in [-0.25, -0.2) is 4.79 Å². The fourth-order valence-corrected chi connectivity index (χ4v) is 3.25. The molecule has 1 fully saturated rings. The summed E-state index contributed by atoms with van der Waals surface area (Å²) in [4.78, 5) is 26.2. The van der Waals surface area contributed by atoms with Gasteiger partial charge in [0.2, 0.25) is 5.91 Å². The Morgan fingerprint density at radius 3 is 2.69 bits per heavy atom. The van der Waals surface area contributed by atoms with Crippen LogP contribution in [0, 0.1) is 19.8 Å². The average molecular weight is 365 g/mol. The van der Waals surface area contributed by atoms with Crippen LogP contribution < -0.4 is 5.32 Å². The molecule has 1 saturated heterocycles. The summed E-state index contributed by atoms with van der Waals surface area (Å²) in [6.07, 6.45) is 2.66. The Morgan fingerprint density at radius 1 is 1.35 bits per heavy atom. The van der Waals surface area contributed by atoms with Gasteiger partial charge in [-0.05, 0) is 59.8 Å². The highest BCUT2D eigenvalue weighted by atomic mass is 16.6. The van der Waals surface area contributed by atoms with E-state index in [1.807, 2.05) is 39.5 Å². The Bertz CT molecular complexity index is 614. The van der Waals surface area contributed by atoms with Crippen LogP contribution in [0.4, 0.5) is 4.79 Å². The van der Waals surface area contributed by atoms with Crippen molar-refractivity contribution in [3.05, 3.63) is 17.0 Å². The molecule has 0 unspecified atom stereocenters. The summed E-state index contributed by atoms with van der Waals surface area (Å²) in [7, 11) is 0. The lowest BCUT2D eigenvalue weighted by Crippen LogP contribution is -2.44. The number of amides is 2. The molecule has 0 saturated carbocycles. The van der Waals surface area contributed by atoms with Gasteiger partial charge in [0.1, 0.15) is 11.4 Å². The predicted molar refractivity (Wildman–Crippen MR) is 97.8 cm³/mol. The third-order valence-corrected chi connectivity index (χ3v) is 4.58. The van der Waals surface area contributed by atoms with Gasteiger partial charge < -0.3 is 19.5 Å². The SMILES string of the molecule is Cc1noc(C)c1CCC(=O)N1CCC[C@H](CNC(=O)OC(C)(C)C)C1. The number of piperidine rings is 1. The number of carbonyl (C=O) groups excluding carboxylic acids is 2. The molecule has 1 N–H and O–H groups in total. The molecule has 2 heterocycles. The van der Waals surface area contributed by atoms with E-state index in [-0.39, 0.29) is 11.8 Å². The number of aryl methyl sites for hydroxylation is 2. The largest absolute Gasteiger partial charge is 0.444 e. The highest BCUT2D eigenvalue weighted by molar-refractivity contribution is 5.76. The number of likely N-dealkylation sites (tertiary alicyclic amines) is 1. The molecule has 1 atom stereocenters. The molecule has 146 valence electrons. The van der Waals surface area contributed by atoms with E-state index >= 15 is 0 Å². The molecule has 1 aromatic heterocycles. The predicted octanol–water partition coefficient (Wildman–Crippen LogP) is 2.99. The van der Waals surface area contributed by atoms with Crippen molar-refractivity contribution in [2.75, 3.05) is 19.6 Å². The lowest BCUT2D eigenvalue weighted by molar-refractivity contribution is -0.132. The minimum Gasteiger partial charge on any atom is -0.444 e. The van der Waals surface area contributed by atoms with Crippen LogP contribution >= 0.6 is 0 Å². The lowest BCUT2D eigenvalue weighted by atomic mass is 9.97. The van der Waals surface area contributed by atoms with Crippen LogP contribution in [-0.2, 0) is 16.0 Å². The zero-order chi connectivity index (χ0) is 19.3. The third-order valence-electron chi connectivity index (χ3n) is 4.58. The van der Waals surface area contributed by atoms with E-state index in [0.717, 1.165) is 36.4 Å². The lowest BCUT2D eigenvalue weighted by Gasteiger charge is -2.33. The number of nitrogens with one attached hydrogen (secondary N) is 1. The fraction of sp³-hybridized carbons (Fsp3) is 0.737. The summed E-state index contributed by atoms with van der Waals surface area (Å²) in [6, 6.07) is 0. The number of carbonyl (C=O) groups is 2. The summed E-state index contributed by atoms with van der Waals surface area (Å²) in [5.41, 5.74) is 1.38. The van der Waals surface area contributed by atoms with E-state index in [1.165, 1.54) is 0 Å². The molecule has 0 radical (unpaired) electrons. The number of rotatable bonds is 5. The van der Waals surface area contributed by atoms with Crippen LogP contribution in [0.2, 0.25) is 0 Å². The van der Waals surface area contributed by atoms with Crippen molar-refractivity contribution in [1.29, 1.82) is 0 Å². The zero-order valence-electron chi connectivity index (χ0n) is 16.6. The van der Waals surface area contributed by atoms with Crippen molar-refractivity contribution in [2.24, 2.45) is 5.92 Å². The second-order valence-electron chi connectivity index (χ2n) is 8.03. The van der Waals surface area contributed by atoms with E-state index in [2.05, 4.69) is 10.5 Å². The molecular weight excluding hydrogens is 334 g/mol. The molecule has 26 heavy (non-hydrogen) atoms. The number of hydrogen-bond donors (Lipinski definition) is 1. The normalized spacial score (nSPS) is 17.9. The molecule has 2 amide bonds. The monoisotopic (exact) mass is 365 g/mol. The summed E-state index contributed by atoms with van der Waals surface area (Å²) < 4.78 is 10.4. The zero-order valence-corrected chi connectivity index (χ0v) is 16.6. The fourth-order valence-electron chi connectivity index (χ4n) is 3.25. The van der Waals surface area contributed by atoms with Gasteiger partial charge in [0.05, 0.1) is 5.69 Å². The quantitative estimate of drug-likeness (QED) is 0.867. The standard InChI is InChI=1S/C19H31N3O4/c1-13-16(14(2)26-21-13)8-9-17(23)22-10-6-7-15(12-22)11-20-18(24)25-19(3,4)5/h15H,6-12H2,1-5H3,(H,20,24)/t15-/m1/s1. The number of nitrogens with zero attached hydrogens (tertiary/aromatic N) is 2. The molecule has 1 aliphatic rings. The van der Waals surface area contributed by atoms with E-state index in [9.17, 15) is 9.59 Å². The van der Waals surface area contributed by atoms with Crippen LogP contribution in [0.3, 0.4) is 0 Å². The second-order valence-corrected chi connectivity index (χ2v) is 8.03. The van der Waals surface area contributed by atoms with Gasteiger partial charge in [-0.15, -0.1) is 0 Å². The van der Waals surface area contributed by atoms with Crippen LogP contribution in [0.25, 0.3) is 0 Å². The Labute approximate surface area is 155 Å². The summed E-state index contributed by atoms with van der Waals surface area (Å²) in [6.45, 7) is 11.3. The van der Waals surface area contributed by atoms with Gasteiger partial charge in [-0.1, -0.05) is 5.16 Å². The minimum atomic E-state index is -0.503. The van der Waals surface area contributed by atoms with Gasteiger partial charge in [0.15, 0.2) is 0 Å². The van der Waals surface area contributed by atoms with Crippen LogP contribution in [0.5, 0.6) is 0 Å². The molecule has 0 aromatic carbocycles. The topological polar surface area (TPSA) is 84.7 Å². The van der Waals surface area contributed by atoms with E-state index < -0.39 is 11.7 Å². The van der Waals surface area contributed by atoms with Gasteiger partial charge in [0.25, 0.3) is 0 Å². The third kappa shape index (κ3) is 6.04. The van der Waals surface area contributed by atoms with Crippen molar-refractivity contribution in [3.63, 3.8) is 0 Å². The summed E-state index contributed by atoms with van der Waals surface area (Å²) in [5.74, 6) is 1.19. The molecule has 0 bridgehead atoms. The molecule has 1 aliphatic heterocycles. The van der Waals surface area contributed by atoms with Crippen molar-refractivity contribution < 1.29 is 18.8 Å². The maximum absolute atomic E-state index is 12.6. The highest BCUT2D eigenvalue weighted by Gasteiger charge is 2.25. The average Bonchev–Trinajstić information content (AvgIpc) is 2.88. The Balaban J connectivity index is 1.78. The maximum atomic E-state index is 12.6. The van der Waals surface area contributed by atoms with Crippen molar-refractivity contribution >= 4 is 12.0 Å². The van der Waals surface area contributed by atoms with E-state index in [1.54, 1.807) is 0 Å². The second kappa shape index (κ2) is 8.56. The van der Waals surface area contributed by atoms with Gasteiger partial charge >= 0.3 is 6.09 Å². The maximum Gasteiger partial charge on any atom is 0.407 e. The van der Waals surface area contributed by atoms with Crippen LogP contribution in [-0.4, -0.2) is 47.3 Å². The van der Waals surface area contributed by atoms with E-state index in [4.69, 9.17) is 9.26 Å². The van der Waals surface area contributed by atoms with Crippen molar-refractivity contribution in [2.45, 2.75) is 65.9 Å². The first kappa shape index (κ1) is 20.3. The molecule has 7 heteroatoms. The first-order valence-electron chi connectivity index (χ1n) is 9.32. The molecule has 0 aliphatic carbocycles. The number of aromatic nitrogens is 1. The Kier molecular flexibility index (Phi) is 6.67. The number of ether oxygens (including phenoxy) is 1. The van der Waals surface area contributed by atoms with Crippen LogP contribution in [0.1, 0.15) is 57.1 Å². The molecular formula is C19H31N3O4.